The van der Waals surface area contributed by atoms with E-state index in [1.54, 1.807) is 12.1 Å². The molecule has 1 heterocycles. The standard InChI is InChI=1S/C17H17FN2O/c18-14-8-6-13(7-9-14)12-17-19-15-4-1-2-5-16(15)20(17)10-3-11-21/h1-2,4-9,21H,3,10-12H2. The summed E-state index contributed by atoms with van der Waals surface area (Å²) in [7, 11) is 0. The van der Waals surface area contributed by atoms with Gasteiger partial charge in [-0.05, 0) is 36.2 Å². The smallest absolute Gasteiger partial charge is 0.123 e. The van der Waals surface area contributed by atoms with Crippen molar-refractivity contribution < 1.29 is 9.50 Å². The number of nitrogens with zero attached hydrogens (tertiary/aromatic N) is 2. The molecular weight excluding hydrogens is 267 g/mol. The summed E-state index contributed by atoms with van der Waals surface area (Å²) >= 11 is 0. The van der Waals surface area contributed by atoms with Gasteiger partial charge >= 0.3 is 0 Å². The molecule has 0 unspecified atom stereocenters. The minimum atomic E-state index is -0.229. The topological polar surface area (TPSA) is 38.0 Å². The maximum atomic E-state index is 13.0. The minimum Gasteiger partial charge on any atom is -0.396 e. The number of benzene rings is 2. The van der Waals surface area contributed by atoms with Crippen LogP contribution >= 0.6 is 0 Å². The highest BCUT2D eigenvalue weighted by Crippen LogP contribution is 2.19. The average molecular weight is 284 g/mol. The molecule has 0 saturated heterocycles. The second-order valence-electron chi connectivity index (χ2n) is 5.05. The van der Waals surface area contributed by atoms with E-state index in [0.717, 1.165) is 29.0 Å². The number of aromatic nitrogens is 2. The first-order valence-corrected chi connectivity index (χ1v) is 7.07. The van der Waals surface area contributed by atoms with E-state index in [1.807, 2.05) is 24.3 Å². The molecule has 0 aliphatic carbocycles. The van der Waals surface area contributed by atoms with Crippen molar-refractivity contribution in [2.45, 2.75) is 19.4 Å². The lowest BCUT2D eigenvalue weighted by Gasteiger charge is -2.08. The second kappa shape index (κ2) is 6.06. The Morgan fingerprint density at radius 1 is 1.05 bits per heavy atom. The third-order valence-electron chi connectivity index (χ3n) is 3.55. The lowest BCUT2D eigenvalue weighted by atomic mass is 10.1. The summed E-state index contributed by atoms with van der Waals surface area (Å²) in [6, 6.07) is 14.5. The molecule has 3 rings (SSSR count). The molecule has 0 fully saturated rings. The van der Waals surface area contributed by atoms with Gasteiger partial charge in [0.25, 0.3) is 0 Å². The monoisotopic (exact) mass is 284 g/mol. The van der Waals surface area contributed by atoms with Crippen LogP contribution in [-0.2, 0) is 13.0 Å². The first-order valence-electron chi connectivity index (χ1n) is 7.07. The van der Waals surface area contributed by atoms with Crippen LogP contribution in [0.3, 0.4) is 0 Å². The highest BCUT2D eigenvalue weighted by atomic mass is 19.1. The summed E-state index contributed by atoms with van der Waals surface area (Å²) in [5, 5.41) is 9.07. The predicted molar refractivity (Wildman–Crippen MR) is 80.6 cm³/mol. The van der Waals surface area contributed by atoms with Gasteiger partial charge < -0.3 is 9.67 Å². The van der Waals surface area contributed by atoms with Crippen molar-refractivity contribution in [2.75, 3.05) is 6.61 Å². The number of aryl methyl sites for hydroxylation is 1. The largest absolute Gasteiger partial charge is 0.396 e. The maximum Gasteiger partial charge on any atom is 0.123 e. The SMILES string of the molecule is OCCCn1c(Cc2ccc(F)cc2)nc2ccccc21. The number of aliphatic hydroxyl groups is 1. The van der Waals surface area contributed by atoms with Gasteiger partial charge in [-0.15, -0.1) is 0 Å². The summed E-state index contributed by atoms with van der Waals surface area (Å²) in [5.41, 5.74) is 3.05. The number of fused-ring (bicyclic) bond motifs is 1. The molecule has 0 aliphatic rings. The summed E-state index contributed by atoms with van der Waals surface area (Å²) < 4.78 is 15.1. The zero-order chi connectivity index (χ0) is 14.7. The van der Waals surface area contributed by atoms with Crippen LogP contribution in [0.25, 0.3) is 11.0 Å². The molecule has 0 aliphatic heterocycles. The predicted octanol–water partition coefficient (Wildman–Crippen LogP) is 3.15. The van der Waals surface area contributed by atoms with Gasteiger partial charge in [0.2, 0.25) is 0 Å². The minimum absolute atomic E-state index is 0.155. The van der Waals surface area contributed by atoms with E-state index in [1.165, 1.54) is 12.1 Å². The molecule has 0 radical (unpaired) electrons. The van der Waals surface area contributed by atoms with Crippen molar-refractivity contribution in [2.24, 2.45) is 0 Å². The van der Waals surface area contributed by atoms with Gasteiger partial charge in [0.1, 0.15) is 11.6 Å². The number of aliphatic hydroxyl groups excluding tert-OH is 1. The van der Waals surface area contributed by atoms with Crippen molar-refractivity contribution in [3.8, 4) is 0 Å². The van der Waals surface area contributed by atoms with Crippen LogP contribution in [-0.4, -0.2) is 21.3 Å². The molecule has 2 aromatic carbocycles. The Morgan fingerprint density at radius 3 is 2.57 bits per heavy atom. The van der Waals surface area contributed by atoms with Crippen molar-refractivity contribution in [1.29, 1.82) is 0 Å². The van der Waals surface area contributed by atoms with E-state index in [0.29, 0.717) is 12.8 Å². The van der Waals surface area contributed by atoms with Crippen LogP contribution in [0.2, 0.25) is 0 Å². The van der Waals surface area contributed by atoms with Crippen molar-refractivity contribution in [1.82, 2.24) is 9.55 Å². The van der Waals surface area contributed by atoms with Crippen molar-refractivity contribution >= 4 is 11.0 Å². The summed E-state index contributed by atoms with van der Waals surface area (Å²) in [6.07, 6.45) is 1.34. The highest BCUT2D eigenvalue weighted by molar-refractivity contribution is 5.76. The molecule has 0 amide bonds. The second-order valence-corrected chi connectivity index (χ2v) is 5.05. The molecule has 0 saturated carbocycles. The third-order valence-corrected chi connectivity index (χ3v) is 3.55. The first-order chi connectivity index (χ1) is 10.3. The van der Waals surface area contributed by atoms with E-state index in [2.05, 4.69) is 9.55 Å². The van der Waals surface area contributed by atoms with Gasteiger partial charge in [-0.3, -0.25) is 0 Å². The molecule has 21 heavy (non-hydrogen) atoms. The fraction of sp³-hybridized carbons (Fsp3) is 0.235. The third kappa shape index (κ3) is 2.95. The van der Waals surface area contributed by atoms with Crippen molar-refractivity contribution in [3.63, 3.8) is 0 Å². The van der Waals surface area contributed by atoms with Crippen LogP contribution in [0.5, 0.6) is 0 Å². The molecule has 3 nitrogen and oxygen atoms in total. The van der Waals surface area contributed by atoms with E-state index in [4.69, 9.17) is 5.11 Å². The first kappa shape index (κ1) is 13.8. The molecular formula is C17H17FN2O. The number of rotatable bonds is 5. The van der Waals surface area contributed by atoms with Gasteiger partial charge in [0, 0.05) is 19.6 Å². The molecule has 0 bridgehead atoms. The molecule has 0 atom stereocenters. The highest BCUT2D eigenvalue weighted by Gasteiger charge is 2.10. The van der Waals surface area contributed by atoms with Crippen LogP contribution in [0.4, 0.5) is 4.39 Å². The van der Waals surface area contributed by atoms with Crippen LogP contribution in [0.15, 0.2) is 48.5 Å². The van der Waals surface area contributed by atoms with E-state index in [9.17, 15) is 4.39 Å². The van der Waals surface area contributed by atoms with E-state index in [-0.39, 0.29) is 12.4 Å². The fourth-order valence-electron chi connectivity index (χ4n) is 2.52. The van der Waals surface area contributed by atoms with Crippen LogP contribution in [0.1, 0.15) is 17.8 Å². The summed E-state index contributed by atoms with van der Waals surface area (Å²) in [6.45, 7) is 0.885. The molecule has 0 spiro atoms. The van der Waals surface area contributed by atoms with Crippen LogP contribution in [0, 0.1) is 5.82 Å². The summed E-state index contributed by atoms with van der Waals surface area (Å²) in [4.78, 5) is 4.67. The van der Waals surface area contributed by atoms with Gasteiger partial charge in [-0.2, -0.15) is 0 Å². The molecule has 3 aromatic rings. The zero-order valence-electron chi connectivity index (χ0n) is 11.7. The Balaban J connectivity index is 1.97. The summed E-state index contributed by atoms with van der Waals surface area (Å²) in [5.74, 6) is 0.712. The number of hydrogen-bond donors (Lipinski definition) is 1. The lowest BCUT2D eigenvalue weighted by molar-refractivity contribution is 0.280. The Kier molecular flexibility index (Phi) is 3.97. The maximum absolute atomic E-state index is 13.0. The molecule has 1 N–H and O–H groups in total. The van der Waals surface area contributed by atoms with E-state index >= 15 is 0 Å². The van der Waals surface area contributed by atoms with E-state index < -0.39 is 0 Å². The fourth-order valence-corrected chi connectivity index (χ4v) is 2.52. The van der Waals surface area contributed by atoms with Gasteiger partial charge in [0.15, 0.2) is 0 Å². The number of halogens is 1. The molecule has 4 heteroatoms. The number of hydrogen-bond acceptors (Lipinski definition) is 2. The Morgan fingerprint density at radius 2 is 1.81 bits per heavy atom. The Hall–Kier alpha value is -2.20. The van der Waals surface area contributed by atoms with Crippen LogP contribution < -0.4 is 0 Å². The van der Waals surface area contributed by atoms with Gasteiger partial charge in [-0.1, -0.05) is 24.3 Å². The molecule has 108 valence electrons. The zero-order valence-corrected chi connectivity index (χ0v) is 11.7. The lowest BCUT2D eigenvalue weighted by Crippen LogP contribution is -2.06. The normalized spacial score (nSPS) is 11.1. The van der Waals surface area contributed by atoms with Crippen molar-refractivity contribution in [3.05, 3.63) is 65.7 Å². The van der Waals surface area contributed by atoms with Gasteiger partial charge in [0.05, 0.1) is 11.0 Å². The number of para-hydroxylation sites is 2. The average Bonchev–Trinajstić information content (AvgIpc) is 2.85. The van der Waals surface area contributed by atoms with Gasteiger partial charge in [-0.25, -0.2) is 9.37 Å². The quantitative estimate of drug-likeness (QED) is 0.781. The Labute approximate surface area is 122 Å². The Bertz CT molecular complexity index is 734. The molecule has 1 aromatic heterocycles. The number of imidazole rings is 1.